The minimum atomic E-state index is -0.530. The van der Waals surface area contributed by atoms with Gasteiger partial charge in [-0.15, -0.1) is 0 Å². The molecule has 0 spiro atoms. The first kappa shape index (κ1) is 17.8. The molecule has 3 aromatic rings. The van der Waals surface area contributed by atoms with Crippen LogP contribution >= 0.6 is 11.6 Å². The van der Waals surface area contributed by atoms with Crippen molar-refractivity contribution in [1.29, 1.82) is 0 Å². The number of ether oxygens (including phenoxy) is 3. The van der Waals surface area contributed by atoms with Crippen molar-refractivity contribution >= 4 is 17.6 Å². The summed E-state index contributed by atoms with van der Waals surface area (Å²) in [7, 11) is 3.13. The van der Waals surface area contributed by atoms with Gasteiger partial charge in [0.15, 0.2) is 0 Å². The lowest BCUT2D eigenvalue weighted by atomic mass is 9.97. The van der Waals surface area contributed by atoms with Crippen LogP contribution in [0.25, 0.3) is 11.1 Å². The van der Waals surface area contributed by atoms with Crippen LogP contribution in [0.3, 0.4) is 0 Å². The number of hydrogen-bond donors (Lipinski definition) is 0. The molecule has 0 amide bonds. The van der Waals surface area contributed by atoms with Crippen LogP contribution in [0.5, 0.6) is 17.2 Å². The highest BCUT2D eigenvalue weighted by Gasteiger charge is 2.21. The molecule has 0 aliphatic rings. The molecule has 0 bridgehead atoms. The summed E-state index contributed by atoms with van der Waals surface area (Å²) in [4.78, 5) is 12.9. The van der Waals surface area contributed by atoms with Crippen LogP contribution in [0, 0.1) is 0 Å². The van der Waals surface area contributed by atoms with Gasteiger partial charge in [0.2, 0.25) is 0 Å². The first-order valence-electron chi connectivity index (χ1n) is 7.92. The van der Waals surface area contributed by atoms with Crippen molar-refractivity contribution in [3.63, 3.8) is 0 Å². The van der Waals surface area contributed by atoms with E-state index in [9.17, 15) is 4.79 Å². The molecule has 0 aliphatic carbocycles. The number of benzene rings is 3. The second-order valence-electron chi connectivity index (χ2n) is 5.40. The van der Waals surface area contributed by atoms with Crippen LogP contribution in [0.4, 0.5) is 0 Å². The fraction of sp³-hybridized carbons (Fsp3) is 0.0952. The van der Waals surface area contributed by atoms with Gasteiger partial charge in [-0.25, -0.2) is 4.79 Å². The number of halogens is 1. The Labute approximate surface area is 156 Å². The zero-order valence-corrected chi connectivity index (χ0v) is 15.1. The summed E-state index contributed by atoms with van der Waals surface area (Å²) in [5.41, 5.74) is 1.69. The van der Waals surface area contributed by atoms with Crippen molar-refractivity contribution in [2.24, 2.45) is 0 Å². The van der Waals surface area contributed by atoms with Crippen LogP contribution in [-0.4, -0.2) is 20.2 Å². The molecule has 0 unspecified atom stereocenters. The minimum absolute atomic E-state index is 0.299. The van der Waals surface area contributed by atoms with Gasteiger partial charge < -0.3 is 14.2 Å². The van der Waals surface area contributed by atoms with E-state index in [0.29, 0.717) is 33.4 Å². The maximum atomic E-state index is 12.9. The molecule has 0 atom stereocenters. The Kier molecular flexibility index (Phi) is 5.44. The summed E-state index contributed by atoms with van der Waals surface area (Å²) < 4.78 is 16.4. The lowest BCUT2D eigenvalue weighted by molar-refractivity contribution is 0.0735. The molecule has 3 aromatic carbocycles. The zero-order valence-electron chi connectivity index (χ0n) is 14.4. The summed E-state index contributed by atoms with van der Waals surface area (Å²) in [5.74, 6) is 0.942. The minimum Gasteiger partial charge on any atom is -0.496 e. The van der Waals surface area contributed by atoms with E-state index < -0.39 is 5.97 Å². The predicted octanol–water partition coefficient (Wildman–Crippen LogP) is 5.24. The summed E-state index contributed by atoms with van der Waals surface area (Å²) in [6, 6.07) is 19.5. The van der Waals surface area contributed by atoms with Crippen molar-refractivity contribution in [2.75, 3.05) is 14.2 Å². The highest BCUT2D eigenvalue weighted by atomic mass is 35.5. The molecular formula is C21H17ClO4. The standard InChI is InChI=1S/C21H17ClO4/c1-24-17-11-5-3-8-14(17)20-15(9-7-13-19(20)25-2)21(23)26-18-12-6-4-10-16(18)22/h3-13H,1-2H3. The van der Waals surface area contributed by atoms with E-state index in [2.05, 4.69) is 0 Å². The van der Waals surface area contributed by atoms with Gasteiger partial charge in [-0.05, 0) is 30.3 Å². The average molecular weight is 369 g/mol. The number of esters is 1. The molecule has 5 heteroatoms. The molecule has 0 saturated carbocycles. The van der Waals surface area contributed by atoms with Gasteiger partial charge in [-0.3, -0.25) is 0 Å². The van der Waals surface area contributed by atoms with Crippen LogP contribution < -0.4 is 14.2 Å². The fourth-order valence-electron chi connectivity index (χ4n) is 2.68. The topological polar surface area (TPSA) is 44.8 Å². The highest BCUT2D eigenvalue weighted by Crippen LogP contribution is 2.39. The van der Waals surface area contributed by atoms with Crippen LogP contribution in [-0.2, 0) is 0 Å². The predicted molar refractivity (Wildman–Crippen MR) is 101 cm³/mol. The number of carbonyl (C=O) groups excluding carboxylic acids is 1. The molecule has 0 saturated heterocycles. The van der Waals surface area contributed by atoms with Crippen LogP contribution in [0.15, 0.2) is 66.7 Å². The smallest absolute Gasteiger partial charge is 0.344 e. The highest BCUT2D eigenvalue weighted by molar-refractivity contribution is 6.32. The molecule has 0 radical (unpaired) electrons. The van der Waals surface area contributed by atoms with Crippen molar-refractivity contribution in [3.8, 4) is 28.4 Å². The van der Waals surface area contributed by atoms with E-state index in [4.69, 9.17) is 25.8 Å². The summed E-state index contributed by atoms with van der Waals surface area (Å²) in [5, 5.41) is 0.364. The largest absolute Gasteiger partial charge is 0.496 e. The Balaban J connectivity index is 2.11. The first-order chi connectivity index (χ1) is 12.7. The Bertz CT molecular complexity index is 937. The van der Waals surface area contributed by atoms with Gasteiger partial charge >= 0.3 is 5.97 Å². The Hall–Kier alpha value is -2.98. The molecule has 0 N–H and O–H groups in total. The number of para-hydroxylation sites is 2. The number of methoxy groups -OCH3 is 2. The molecule has 0 aromatic heterocycles. The van der Waals surface area contributed by atoms with E-state index in [-0.39, 0.29) is 0 Å². The van der Waals surface area contributed by atoms with Gasteiger partial charge in [-0.2, -0.15) is 0 Å². The lowest BCUT2D eigenvalue weighted by Gasteiger charge is -2.16. The molecule has 3 rings (SSSR count). The second kappa shape index (κ2) is 7.93. The Morgan fingerprint density at radius 2 is 1.38 bits per heavy atom. The van der Waals surface area contributed by atoms with Crippen LogP contribution in [0.1, 0.15) is 10.4 Å². The van der Waals surface area contributed by atoms with E-state index in [1.165, 1.54) is 0 Å². The third kappa shape index (κ3) is 3.51. The maximum absolute atomic E-state index is 12.9. The molecule has 4 nitrogen and oxygen atoms in total. The van der Waals surface area contributed by atoms with Gasteiger partial charge in [0.05, 0.1) is 24.8 Å². The zero-order chi connectivity index (χ0) is 18.5. The number of carbonyl (C=O) groups is 1. The van der Waals surface area contributed by atoms with E-state index >= 15 is 0 Å². The van der Waals surface area contributed by atoms with Gasteiger partial charge in [0, 0.05) is 11.1 Å². The van der Waals surface area contributed by atoms with Crippen molar-refractivity contribution < 1.29 is 19.0 Å². The molecule has 26 heavy (non-hydrogen) atoms. The van der Waals surface area contributed by atoms with E-state index in [1.54, 1.807) is 56.7 Å². The monoisotopic (exact) mass is 368 g/mol. The molecular weight excluding hydrogens is 352 g/mol. The average Bonchev–Trinajstić information content (AvgIpc) is 2.69. The van der Waals surface area contributed by atoms with Crippen LogP contribution in [0.2, 0.25) is 5.02 Å². The quantitative estimate of drug-likeness (QED) is 0.456. The van der Waals surface area contributed by atoms with E-state index in [1.807, 2.05) is 24.3 Å². The maximum Gasteiger partial charge on any atom is 0.344 e. The third-order valence-corrected chi connectivity index (χ3v) is 4.19. The van der Waals surface area contributed by atoms with Gasteiger partial charge in [0.1, 0.15) is 17.2 Å². The third-order valence-electron chi connectivity index (χ3n) is 3.88. The van der Waals surface area contributed by atoms with Crippen molar-refractivity contribution in [2.45, 2.75) is 0 Å². The van der Waals surface area contributed by atoms with Crippen molar-refractivity contribution in [1.82, 2.24) is 0 Å². The molecule has 0 aliphatic heterocycles. The number of rotatable bonds is 5. The Morgan fingerprint density at radius 1 is 0.769 bits per heavy atom. The SMILES string of the molecule is COc1ccccc1-c1c(OC)cccc1C(=O)Oc1ccccc1Cl. The first-order valence-corrected chi connectivity index (χ1v) is 8.30. The van der Waals surface area contributed by atoms with Gasteiger partial charge in [0.25, 0.3) is 0 Å². The summed E-state index contributed by atoms with van der Waals surface area (Å²) in [6.07, 6.45) is 0. The number of hydrogen-bond acceptors (Lipinski definition) is 4. The molecule has 0 fully saturated rings. The summed E-state index contributed by atoms with van der Waals surface area (Å²) >= 11 is 6.10. The molecule has 0 heterocycles. The molecule has 132 valence electrons. The Morgan fingerprint density at radius 3 is 2.08 bits per heavy atom. The van der Waals surface area contributed by atoms with E-state index in [0.717, 1.165) is 5.56 Å². The normalized spacial score (nSPS) is 10.3. The van der Waals surface area contributed by atoms with Gasteiger partial charge in [-0.1, -0.05) is 48.0 Å². The van der Waals surface area contributed by atoms with Crippen molar-refractivity contribution in [3.05, 3.63) is 77.3 Å². The fourth-order valence-corrected chi connectivity index (χ4v) is 2.86. The summed E-state index contributed by atoms with van der Waals surface area (Å²) in [6.45, 7) is 0. The lowest BCUT2D eigenvalue weighted by Crippen LogP contribution is -2.11. The second-order valence-corrected chi connectivity index (χ2v) is 5.81.